The Morgan fingerprint density at radius 1 is 1.12 bits per heavy atom. The van der Waals surface area contributed by atoms with Gasteiger partial charge in [0.15, 0.2) is 11.0 Å². The Labute approximate surface area is 210 Å². The molecule has 7 nitrogen and oxygen atoms in total. The number of hydrogen-bond donors (Lipinski definition) is 1. The molecule has 0 aliphatic heterocycles. The van der Waals surface area contributed by atoms with Gasteiger partial charge in [-0.15, -0.1) is 10.2 Å². The fourth-order valence-electron chi connectivity index (χ4n) is 3.17. The Bertz CT molecular complexity index is 1310. The lowest BCUT2D eigenvalue weighted by molar-refractivity contribution is -0.118. The summed E-state index contributed by atoms with van der Waals surface area (Å²) >= 11 is 4.74. The lowest BCUT2D eigenvalue weighted by atomic mass is 10.2. The smallest absolute Gasteiger partial charge is 0.250 e. The number of halogens is 1. The Hall–Kier alpha value is -3.43. The zero-order chi connectivity index (χ0) is 23.9. The van der Waals surface area contributed by atoms with E-state index in [1.807, 2.05) is 84.3 Å². The maximum absolute atomic E-state index is 12.4. The second-order valence-electron chi connectivity index (χ2n) is 7.32. The fraction of sp³-hybridized carbons (Fsp3) is 0.120. The summed E-state index contributed by atoms with van der Waals surface area (Å²) in [5.41, 5.74) is 6.42. The molecule has 34 heavy (non-hydrogen) atoms. The van der Waals surface area contributed by atoms with Gasteiger partial charge in [0.1, 0.15) is 5.75 Å². The Morgan fingerprint density at radius 3 is 2.59 bits per heavy atom. The molecule has 1 amide bonds. The normalized spacial score (nSPS) is 11.0. The van der Waals surface area contributed by atoms with E-state index in [0.717, 1.165) is 38.4 Å². The highest BCUT2D eigenvalue weighted by Gasteiger charge is 2.17. The first-order valence-electron chi connectivity index (χ1n) is 10.4. The number of carbonyl (C=O) groups excluding carboxylic acids is 1. The zero-order valence-electron chi connectivity index (χ0n) is 18.6. The molecule has 1 N–H and O–H groups in total. The van der Waals surface area contributed by atoms with E-state index in [4.69, 9.17) is 4.74 Å². The molecule has 172 valence electrons. The van der Waals surface area contributed by atoms with Crippen LogP contribution in [-0.2, 0) is 4.79 Å². The number of hydrogen-bond acceptors (Lipinski definition) is 6. The number of methoxy groups -OCH3 is 1. The van der Waals surface area contributed by atoms with Gasteiger partial charge in [-0.3, -0.25) is 9.36 Å². The summed E-state index contributed by atoms with van der Waals surface area (Å²) in [5.74, 6) is 1.34. The summed E-state index contributed by atoms with van der Waals surface area (Å²) in [5, 5.41) is 13.4. The third-order valence-electron chi connectivity index (χ3n) is 4.87. The van der Waals surface area contributed by atoms with Crippen molar-refractivity contribution in [2.45, 2.75) is 12.1 Å². The van der Waals surface area contributed by atoms with Crippen molar-refractivity contribution in [3.63, 3.8) is 0 Å². The summed E-state index contributed by atoms with van der Waals surface area (Å²) in [4.78, 5) is 12.4. The lowest BCUT2D eigenvalue weighted by Crippen LogP contribution is -2.20. The Kier molecular flexibility index (Phi) is 7.76. The minimum absolute atomic E-state index is 0.141. The van der Waals surface area contributed by atoms with Crippen LogP contribution in [0.25, 0.3) is 17.1 Å². The molecule has 0 aliphatic rings. The maximum Gasteiger partial charge on any atom is 0.250 e. The van der Waals surface area contributed by atoms with Gasteiger partial charge in [0.2, 0.25) is 0 Å². The van der Waals surface area contributed by atoms with E-state index in [1.165, 1.54) is 11.8 Å². The van der Waals surface area contributed by atoms with Crippen LogP contribution in [0.5, 0.6) is 5.75 Å². The third kappa shape index (κ3) is 5.73. The quantitative estimate of drug-likeness (QED) is 0.189. The van der Waals surface area contributed by atoms with Crippen LogP contribution < -0.4 is 10.2 Å². The molecule has 4 rings (SSSR count). The van der Waals surface area contributed by atoms with Gasteiger partial charge in [0.05, 0.1) is 23.5 Å². The van der Waals surface area contributed by atoms with E-state index in [2.05, 4.69) is 36.7 Å². The molecule has 1 aromatic heterocycles. The molecule has 0 bridgehead atoms. The number of rotatable bonds is 8. The number of nitrogens with one attached hydrogen (secondary N) is 1. The molecule has 0 saturated carbocycles. The van der Waals surface area contributed by atoms with Crippen molar-refractivity contribution in [2.24, 2.45) is 5.10 Å². The third-order valence-corrected chi connectivity index (χ3v) is 6.42. The van der Waals surface area contributed by atoms with E-state index in [1.54, 1.807) is 13.3 Å². The molecule has 0 fully saturated rings. The highest BCUT2D eigenvalue weighted by Crippen LogP contribution is 2.28. The van der Waals surface area contributed by atoms with Crippen LogP contribution in [-0.4, -0.2) is 39.7 Å². The molecule has 0 spiro atoms. The van der Waals surface area contributed by atoms with E-state index in [0.29, 0.717) is 5.16 Å². The second-order valence-corrected chi connectivity index (χ2v) is 9.12. The number of ether oxygens (including phenoxy) is 1. The van der Waals surface area contributed by atoms with Crippen molar-refractivity contribution >= 4 is 39.8 Å². The molecule has 0 saturated heterocycles. The van der Waals surface area contributed by atoms with Crippen LogP contribution in [0.4, 0.5) is 0 Å². The van der Waals surface area contributed by atoms with Gasteiger partial charge in [-0.1, -0.05) is 59.8 Å². The number of aromatic nitrogens is 3. The van der Waals surface area contributed by atoms with Crippen LogP contribution in [0.3, 0.4) is 0 Å². The molecule has 0 atom stereocenters. The molecule has 9 heteroatoms. The average Bonchev–Trinajstić information content (AvgIpc) is 3.28. The van der Waals surface area contributed by atoms with Crippen molar-refractivity contribution < 1.29 is 9.53 Å². The summed E-state index contributed by atoms with van der Waals surface area (Å²) < 4.78 is 7.99. The van der Waals surface area contributed by atoms with Gasteiger partial charge in [-0.2, -0.15) is 5.10 Å². The van der Waals surface area contributed by atoms with Crippen LogP contribution in [0.2, 0.25) is 0 Å². The number of benzene rings is 3. The van der Waals surface area contributed by atoms with E-state index >= 15 is 0 Å². The highest BCUT2D eigenvalue weighted by atomic mass is 79.9. The summed E-state index contributed by atoms with van der Waals surface area (Å²) in [6.45, 7) is 2.04. The van der Waals surface area contributed by atoms with Crippen LogP contribution in [0, 0.1) is 6.92 Å². The molecule has 0 unspecified atom stereocenters. The van der Waals surface area contributed by atoms with Gasteiger partial charge < -0.3 is 4.74 Å². The van der Waals surface area contributed by atoms with Crippen LogP contribution in [0.1, 0.15) is 11.1 Å². The highest BCUT2D eigenvalue weighted by molar-refractivity contribution is 9.10. The first-order valence-corrected chi connectivity index (χ1v) is 12.2. The molecular weight excluding hydrogens is 514 g/mol. The van der Waals surface area contributed by atoms with Gasteiger partial charge in [-0.25, -0.2) is 5.43 Å². The Balaban J connectivity index is 1.47. The summed E-state index contributed by atoms with van der Waals surface area (Å²) in [6.07, 6.45) is 1.58. The molecule has 0 aliphatic carbocycles. The molecule has 4 aromatic rings. The van der Waals surface area contributed by atoms with Crippen molar-refractivity contribution in [2.75, 3.05) is 12.9 Å². The lowest BCUT2D eigenvalue weighted by Gasteiger charge is -2.10. The zero-order valence-corrected chi connectivity index (χ0v) is 21.0. The molecule has 3 aromatic carbocycles. The predicted molar refractivity (Wildman–Crippen MR) is 139 cm³/mol. The largest absolute Gasteiger partial charge is 0.496 e. The summed E-state index contributed by atoms with van der Waals surface area (Å²) in [7, 11) is 1.61. The number of thioether (sulfide) groups is 1. The van der Waals surface area contributed by atoms with Crippen LogP contribution >= 0.6 is 27.7 Å². The minimum Gasteiger partial charge on any atom is -0.496 e. The number of hydrazone groups is 1. The van der Waals surface area contributed by atoms with Crippen molar-refractivity contribution in [3.05, 3.63) is 88.4 Å². The van der Waals surface area contributed by atoms with Crippen molar-refractivity contribution in [3.8, 4) is 22.8 Å². The van der Waals surface area contributed by atoms with Gasteiger partial charge in [0.25, 0.3) is 5.91 Å². The molecular formula is C25H22BrN5O2S. The SMILES string of the molecule is COc1ccc(/C=N\NC(=O)CSc2nnc(-c3ccccc3)n2-c2ccc(C)cc2)cc1Br. The monoisotopic (exact) mass is 535 g/mol. The number of aryl methyl sites for hydroxylation is 1. The average molecular weight is 536 g/mol. The molecule has 1 heterocycles. The van der Waals surface area contributed by atoms with E-state index in [9.17, 15) is 4.79 Å². The van der Waals surface area contributed by atoms with Gasteiger partial charge in [-0.05, 0) is 58.7 Å². The number of nitrogens with zero attached hydrogens (tertiary/aromatic N) is 4. The summed E-state index contributed by atoms with van der Waals surface area (Å²) in [6, 6.07) is 23.5. The second kappa shape index (κ2) is 11.1. The number of amides is 1. The van der Waals surface area contributed by atoms with Crippen molar-refractivity contribution in [1.29, 1.82) is 0 Å². The number of carbonyl (C=O) groups is 1. The maximum atomic E-state index is 12.4. The standard InChI is InChI=1S/C25H22BrN5O2S/c1-17-8-11-20(12-9-17)31-24(19-6-4-3-5-7-19)29-30-25(31)34-16-23(32)28-27-15-18-10-13-22(33-2)21(26)14-18/h3-15H,16H2,1-2H3,(H,28,32)/b27-15-. The van der Waals surface area contributed by atoms with E-state index < -0.39 is 0 Å². The van der Waals surface area contributed by atoms with Crippen LogP contribution in [0.15, 0.2) is 87.5 Å². The van der Waals surface area contributed by atoms with Gasteiger partial charge in [0, 0.05) is 11.3 Å². The van der Waals surface area contributed by atoms with Crippen molar-refractivity contribution in [1.82, 2.24) is 20.2 Å². The Morgan fingerprint density at radius 2 is 1.88 bits per heavy atom. The van der Waals surface area contributed by atoms with Gasteiger partial charge >= 0.3 is 0 Å². The first-order chi connectivity index (χ1) is 16.5. The molecule has 0 radical (unpaired) electrons. The minimum atomic E-state index is -0.242. The van der Waals surface area contributed by atoms with E-state index in [-0.39, 0.29) is 11.7 Å². The predicted octanol–water partition coefficient (Wildman–Crippen LogP) is 5.26. The fourth-order valence-corrected chi connectivity index (χ4v) is 4.47. The topological polar surface area (TPSA) is 81.4 Å². The first kappa shape index (κ1) is 23.7.